The summed E-state index contributed by atoms with van der Waals surface area (Å²) in [6.45, 7) is 3.10. The van der Waals surface area contributed by atoms with Gasteiger partial charge in [0.05, 0.1) is 10.5 Å². The number of nitrogens with two attached hydrogens (primary N) is 1. The molecule has 0 fully saturated rings. The van der Waals surface area contributed by atoms with Crippen molar-refractivity contribution in [1.29, 1.82) is 0 Å². The molecule has 0 heterocycles. The predicted octanol–water partition coefficient (Wildman–Crippen LogP) is 2.42. The van der Waals surface area contributed by atoms with Gasteiger partial charge >= 0.3 is 6.18 Å². The molecule has 0 aliphatic carbocycles. The lowest BCUT2D eigenvalue weighted by atomic mass is 10.1. The van der Waals surface area contributed by atoms with Gasteiger partial charge in [-0.15, -0.1) is 0 Å². The number of hydrogen-bond acceptors (Lipinski definition) is 3. The largest absolute Gasteiger partial charge is 0.416 e. The third kappa shape index (κ3) is 4.42. The molecule has 1 unspecified atom stereocenters. The summed E-state index contributed by atoms with van der Waals surface area (Å²) < 4.78 is 65.3. The number of rotatable bonds is 6. The van der Waals surface area contributed by atoms with E-state index in [1.165, 1.54) is 0 Å². The van der Waals surface area contributed by atoms with Crippen LogP contribution in [0.5, 0.6) is 0 Å². The van der Waals surface area contributed by atoms with Crippen molar-refractivity contribution in [2.45, 2.75) is 43.8 Å². The van der Waals surface area contributed by atoms with Crippen molar-refractivity contribution >= 4 is 10.0 Å². The fourth-order valence-corrected chi connectivity index (χ4v) is 3.62. The second-order valence-corrected chi connectivity index (χ2v) is 6.45. The van der Waals surface area contributed by atoms with E-state index < -0.39 is 27.8 Å². The number of hydrogen-bond donors (Lipinski definition) is 2. The van der Waals surface area contributed by atoms with Crippen LogP contribution >= 0.6 is 0 Å². The Morgan fingerprint density at radius 3 is 2.43 bits per heavy atom. The van der Waals surface area contributed by atoms with Crippen LogP contribution in [-0.2, 0) is 16.2 Å². The molecule has 0 saturated carbocycles. The van der Waals surface area contributed by atoms with E-state index in [9.17, 15) is 21.6 Å². The van der Waals surface area contributed by atoms with Crippen LogP contribution in [0.1, 0.15) is 30.9 Å². The van der Waals surface area contributed by atoms with Gasteiger partial charge in [0, 0.05) is 12.6 Å². The SMILES string of the molecule is CCCC(CN)NS(=O)(=O)c1cccc(C(F)(F)F)c1C. The maximum Gasteiger partial charge on any atom is 0.416 e. The van der Waals surface area contributed by atoms with Crippen LogP contribution in [0.3, 0.4) is 0 Å². The van der Waals surface area contributed by atoms with Gasteiger partial charge in [0.25, 0.3) is 0 Å². The van der Waals surface area contributed by atoms with Crippen molar-refractivity contribution < 1.29 is 21.6 Å². The zero-order valence-corrected chi connectivity index (χ0v) is 12.7. The van der Waals surface area contributed by atoms with E-state index in [1.54, 1.807) is 0 Å². The van der Waals surface area contributed by atoms with Crippen LogP contribution in [0, 0.1) is 6.92 Å². The molecule has 0 aliphatic rings. The molecule has 3 N–H and O–H groups in total. The first-order valence-electron chi connectivity index (χ1n) is 6.52. The fraction of sp³-hybridized carbons (Fsp3) is 0.538. The molecule has 8 heteroatoms. The van der Waals surface area contributed by atoms with Crippen LogP contribution in [0.15, 0.2) is 23.1 Å². The molecular formula is C13H19F3N2O2S. The molecule has 0 spiro atoms. The van der Waals surface area contributed by atoms with Gasteiger partial charge < -0.3 is 5.73 Å². The van der Waals surface area contributed by atoms with Crippen molar-refractivity contribution in [3.8, 4) is 0 Å². The smallest absolute Gasteiger partial charge is 0.329 e. The quantitative estimate of drug-likeness (QED) is 0.844. The van der Waals surface area contributed by atoms with E-state index in [0.717, 1.165) is 25.1 Å². The van der Waals surface area contributed by atoms with Crippen LogP contribution in [0.2, 0.25) is 0 Å². The van der Waals surface area contributed by atoms with Gasteiger partial charge in [-0.2, -0.15) is 13.2 Å². The summed E-state index contributed by atoms with van der Waals surface area (Å²) in [5, 5.41) is 0. The molecule has 0 aromatic heterocycles. The van der Waals surface area contributed by atoms with Crippen molar-refractivity contribution in [2.75, 3.05) is 6.54 Å². The first-order valence-corrected chi connectivity index (χ1v) is 8.01. The number of benzene rings is 1. The summed E-state index contributed by atoms with van der Waals surface area (Å²) in [7, 11) is -4.04. The molecule has 21 heavy (non-hydrogen) atoms. The molecule has 0 amide bonds. The molecule has 0 radical (unpaired) electrons. The molecule has 1 aromatic rings. The highest BCUT2D eigenvalue weighted by Crippen LogP contribution is 2.34. The van der Waals surface area contributed by atoms with E-state index >= 15 is 0 Å². The average Bonchev–Trinajstić information content (AvgIpc) is 2.36. The molecule has 0 aliphatic heterocycles. The lowest BCUT2D eigenvalue weighted by Crippen LogP contribution is -2.40. The van der Waals surface area contributed by atoms with E-state index in [2.05, 4.69) is 4.72 Å². The number of nitrogens with one attached hydrogen (secondary N) is 1. The van der Waals surface area contributed by atoms with Gasteiger partial charge in [-0.05, 0) is 31.0 Å². The van der Waals surface area contributed by atoms with Crippen LogP contribution in [0.25, 0.3) is 0 Å². The van der Waals surface area contributed by atoms with Crippen molar-refractivity contribution in [2.24, 2.45) is 5.73 Å². The van der Waals surface area contributed by atoms with Crippen molar-refractivity contribution in [3.63, 3.8) is 0 Å². The highest BCUT2D eigenvalue weighted by atomic mass is 32.2. The summed E-state index contributed by atoms with van der Waals surface area (Å²) >= 11 is 0. The summed E-state index contributed by atoms with van der Waals surface area (Å²) in [6, 6.07) is 2.61. The van der Waals surface area contributed by atoms with E-state index in [-0.39, 0.29) is 17.0 Å². The van der Waals surface area contributed by atoms with Gasteiger partial charge in [-0.25, -0.2) is 13.1 Å². The second kappa shape index (κ2) is 6.76. The van der Waals surface area contributed by atoms with Crippen molar-refractivity contribution in [1.82, 2.24) is 4.72 Å². The third-order valence-electron chi connectivity index (χ3n) is 3.12. The van der Waals surface area contributed by atoms with E-state index in [0.29, 0.717) is 12.8 Å². The summed E-state index contributed by atoms with van der Waals surface area (Å²) in [6.07, 6.45) is -3.36. The van der Waals surface area contributed by atoms with Gasteiger partial charge in [0.1, 0.15) is 0 Å². The zero-order valence-electron chi connectivity index (χ0n) is 11.9. The number of alkyl halides is 3. The first-order chi connectivity index (χ1) is 9.63. The Bertz CT molecular complexity index is 586. The Kier molecular flexibility index (Phi) is 5.77. The molecule has 1 atom stereocenters. The molecule has 0 saturated heterocycles. The molecule has 1 rings (SSSR count). The second-order valence-electron chi connectivity index (χ2n) is 4.77. The third-order valence-corrected chi connectivity index (χ3v) is 4.79. The highest BCUT2D eigenvalue weighted by Gasteiger charge is 2.34. The Labute approximate surface area is 122 Å². The van der Waals surface area contributed by atoms with Crippen molar-refractivity contribution in [3.05, 3.63) is 29.3 Å². The van der Waals surface area contributed by atoms with Gasteiger partial charge in [-0.1, -0.05) is 19.4 Å². The minimum Gasteiger partial charge on any atom is -0.329 e. The lowest BCUT2D eigenvalue weighted by Gasteiger charge is -2.19. The topological polar surface area (TPSA) is 72.2 Å². The van der Waals surface area contributed by atoms with Crippen LogP contribution < -0.4 is 10.5 Å². The fourth-order valence-electron chi connectivity index (χ4n) is 2.07. The predicted molar refractivity (Wildman–Crippen MR) is 74.3 cm³/mol. The normalized spacial score (nSPS) is 14.2. The molecule has 4 nitrogen and oxygen atoms in total. The highest BCUT2D eigenvalue weighted by molar-refractivity contribution is 7.89. The number of halogens is 3. The maximum absolute atomic E-state index is 12.8. The molecule has 120 valence electrons. The van der Waals surface area contributed by atoms with Gasteiger partial charge in [-0.3, -0.25) is 0 Å². The van der Waals surface area contributed by atoms with Crippen LogP contribution in [-0.4, -0.2) is 21.0 Å². The Morgan fingerprint density at radius 2 is 1.95 bits per heavy atom. The van der Waals surface area contributed by atoms with Gasteiger partial charge in [0.2, 0.25) is 10.0 Å². The Morgan fingerprint density at radius 1 is 1.33 bits per heavy atom. The average molecular weight is 324 g/mol. The summed E-state index contributed by atoms with van der Waals surface area (Å²) in [5.41, 5.74) is 4.21. The first kappa shape index (κ1) is 17.9. The Balaban J connectivity index is 3.21. The standard InChI is InChI=1S/C13H19F3N2O2S/c1-3-5-10(8-17)18-21(19,20)12-7-4-6-11(9(12)2)13(14,15)16/h4,6-7,10,18H,3,5,8,17H2,1-2H3. The zero-order chi connectivity index (χ0) is 16.3. The van der Waals surface area contributed by atoms with E-state index in [1.807, 2.05) is 6.92 Å². The maximum atomic E-state index is 12.8. The monoisotopic (exact) mass is 324 g/mol. The van der Waals surface area contributed by atoms with Crippen LogP contribution in [0.4, 0.5) is 13.2 Å². The summed E-state index contributed by atoms with van der Waals surface area (Å²) in [5.74, 6) is 0. The number of sulfonamides is 1. The minimum atomic E-state index is -4.59. The summed E-state index contributed by atoms with van der Waals surface area (Å²) in [4.78, 5) is -0.369. The van der Waals surface area contributed by atoms with E-state index in [4.69, 9.17) is 5.73 Å². The lowest BCUT2D eigenvalue weighted by molar-refractivity contribution is -0.138. The molecule has 1 aromatic carbocycles. The van der Waals surface area contributed by atoms with Gasteiger partial charge in [0.15, 0.2) is 0 Å². The molecule has 0 bridgehead atoms. The minimum absolute atomic E-state index is 0.0884. The Hall–Kier alpha value is -1.12. The molecular weight excluding hydrogens is 305 g/mol.